The number of esters is 1. The molecule has 0 aromatic carbocycles. The zero-order chi connectivity index (χ0) is 13.8. The van der Waals surface area contributed by atoms with Crippen molar-refractivity contribution in [2.24, 2.45) is 0 Å². The van der Waals surface area contributed by atoms with E-state index in [4.69, 9.17) is 16.2 Å². The Morgan fingerprint density at radius 3 is 2.89 bits per heavy atom. The second kappa shape index (κ2) is 5.51. The number of nitrogens with two attached hydrogens (primary N) is 2. The Morgan fingerprint density at radius 2 is 2.16 bits per heavy atom. The molecule has 2 heterocycles. The predicted octanol–water partition coefficient (Wildman–Crippen LogP) is 0.334. The van der Waals surface area contributed by atoms with Gasteiger partial charge in [0.15, 0.2) is 11.5 Å². The molecule has 102 valence electrons. The molecule has 0 spiro atoms. The number of anilines is 2. The maximum Gasteiger partial charge on any atom is 0.302 e. The molecule has 0 saturated heterocycles. The molecule has 2 rings (SSSR count). The number of ether oxygens (including phenoxy) is 1. The molecular formula is C11H16N6O2. The molecule has 0 saturated carbocycles. The molecule has 19 heavy (non-hydrogen) atoms. The monoisotopic (exact) mass is 264 g/mol. The second-order valence-electron chi connectivity index (χ2n) is 4.12. The average Bonchev–Trinajstić information content (AvgIpc) is 2.72. The molecule has 8 nitrogen and oxygen atoms in total. The number of aromatic nitrogens is 4. The smallest absolute Gasteiger partial charge is 0.302 e. The van der Waals surface area contributed by atoms with Gasteiger partial charge in [0.05, 0.1) is 12.9 Å². The molecule has 8 heteroatoms. The highest BCUT2D eigenvalue weighted by molar-refractivity contribution is 5.82. The summed E-state index contributed by atoms with van der Waals surface area (Å²) in [5, 5.41) is 0. The number of fused-ring (bicyclic) bond motifs is 1. The Bertz CT molecular complexity index is 594. The fourth-order valence-electron chi connectivity index (χ4n) is 1.75. The van der Waals surface area contributed by atoms with Crippen molar-refractivity contribution in [3.63, 3.8) is 0 Å². The first kappa shape index (κ1) is 13.1. The molecule has 2 aromatic rings. The number of carbonyl (C=O) groups is 1. The number of rotatable bonds is 5. The summed E-state index contributed by atoms with van der Waals surface area (Å²) >= 11 is 0. The lowest BCUT2D eigenvalue weighted by atomic mass is 10.3. The summed E-state index contributed by atoms with van der Waals surface area (Å²) in [6, 6.07) is 0. The van der Waals surface area contributed by atoms with E-state index in [9.17, 15) is 4.79 Å². The number of aryl methyl sites for hydroxylation is 1. The van der Waals surface area contributed by atoms with E-state index in [1.54, 1.807) is 6.33 Å². The van der Waals surface area contributed by atoms with Gasteiger partial charge in [-0.3, -0.25) is 4.79 Å². The fourth-order valence-corrected chi connectivity index (χ4v) is 1.75. The van der Waals surface area contributed by atoms with Crippen LogP contribution in [0.15, 0.2) is 6.33 Å². The third-order valence-electron chi connectivity index (χ3n) is 2.61. The summed E-state index contributed by atoms with van der Waals surface area (Å²) in [5.41, 5.74) is 12.5. The molecule has 0 bridgehead atoms. The van der Waals surface area contributed by atoms with Crippen molar-refractivity contribution in [2.45, 2.75) is 26.3 Å². The van der Waals surface area contributed by atoms with Crippen LogP contribution in [0.5, 0.6) is 0 Å². The molecule has 0 atom stereocenters. The first-order valence-corrected chi connectivity index (χ1v) is 5.95. The van der Waals surface area contributed by atoms with E-state index in [1.807, 2.05) is 4.57 Å². The van der Waals surface area contributed by atoms with Crippen LogP contribution < -0.4 is 11.5 Å². The number of imidazole rings is 1. The van der Waals surface area contributed by atoms with Crippen LogP contribution in [-0.2, 0) is 16.1 Å². The summed E-state index contributed by atoms with van der Waals surface area (Å²) in [5.74, 6) is 0.147. The third-order valence-corrected chi connectivity index (χ3v) is 2.61. The molecule has 2 aromatic heterocycles. The Labute approximate surface area is 109 Å². The quantitative estimate of drug-likeness (QED) is 0.589. The maximum atomic E-state index is 10.6. The molecule has 0 amide bonds. The van der Waals surface area contributed by atoms with Crippen molar-refractivity contribution in [1.29, 1.82) is 0 Å². The summed E-state index contributed by atoms with van der Waals surface area (Å²) in [6.45, 7) is 2.51. The maximum absolute atomic E-state index is 10.6. The van der Waals surface area contributed by atoms with E-state index in [1.165, 1.54) is 6.92 Å². The number of carbonyl (C=O) groups excluding carboxylic acids is 1. The lowest BCUT2D eigenvalue weighted by Gasteiger charge is -2.05. The Balaban J connectivity index is 1.99. The molecule has 0 aliphatic rings. The van der Waals surface area contributed by atoms with Crippen molar-refractivity contribution < 1.29 is 9.53 Å². The number of hydrogen-bond donors (Lipinski definition) is 2. The Morgan fingerprint density at radius 1 is 1.37 bits per heavy atom. The van der Waals surface area contributed by atoms with Crippen LogP contribution in [0.25, 0.3) is 11.2 Å². The molecular weight excluding hydrogens is 248 g/mol. The van der Waals surface area contributed by atoms with Gasteiger partial charge in [0, 0.05) is 13.5 Å². The standard InChI is InChI=1S/C11H16N6O2/c1-7(18)19-5-3-2-4-17-6-14-8-9(12)15-11(13)16-10(8)17/h6H,2-5H2,1H3,(H4,12,13,15,16). The Hall–Kier alpha value is -2.38. The molecule has 0 aliphatic heterocycles. The summed E-state index contributed by atoms with van der Waals surface area (Å²) in [6.07, 6.45) is 3.26. The van der Waals surface area contributed by atoms with Crippen LogP contribution in [0.1, 0.15) is 19.8 Å². The van der Waals surface area contributed by atoms with Gasteiger partial charge in [0.2, 0.25) is 5.95 Å². The minimum absolute atomic E-state index is 0.131. The molecule has 0 fully saturated rings. The minimum Gasteiger partial charge on any atom is -0.466 e. The van der Waals surface area contributed by atoms with Gasteiger partial charge in [-0.1, -0.05) is 0 Å². The van der Waals surface area contributed by atoms with Crippen molar-refractivity contribution in [3.05, 3.63) is 6.33 Å². The normalized spacial score (nSPS) is 10.8. The van der Waals surface area contributed by atoms with Gasteiger partial charge in [0.1, 0.15) is 5.52 Å². The van der Waals surface area contributed by atoms with Crippen molar-refractivity contribution in [2.75, 3.05) is 18.1 Å². The zero-order valence-electron chi connectivity index (χ0n) is 10.7. The highest BCUT2D eigenvalue weighted by atomic mass is 16.5. The van der Waals surface area contributed by atoms with Crippen LogP contribution in [-0.4, -0.2) is 32.1 Å². The lowest BCUT2D eigenvalue weighted by Crippen LogP contribution is -2.05. The van der Waals surface area contributed by atoms with Crippen molar-refractivity contribution in [3.8, 4) is 0 Å². The zero-order valence-corrected chi connectivity index (χ0v) is 10.7. The van der Waals surface area contributed by atoms with Gasteiger partial charge in [0.25, 0.3) is 0 Å². The van der Waals surface area contributed by atoms with E-state index in [-0.39, 0.29) is 17.7 Å². The van der Waals surface area contributed by atoms with E-state index in [2.05, 4.69) is 15.0 Å². The van der Waals surface area contributed by atoms with Gasteiger partial charge in [-0.25, -0.2) is 4.98 Å². The van der Waals surface area contributed by atoms with E-state index in [0.717, 1.165) is 12.8 Å². The Kier molecular flexibility index (Phi) is 3.79. The summed E-state index contributed by atoms with van der Waals surface area (Å²) in [4.78, 5) is 22.7. The van der Waals surface area contributed by atoms with Gasteiger partial charge >= 0.3 is 5.97 Å². The van der Waals surface area contributed by atoms with Gasteiger partial charge < -0.3 is 20.8 Å². The highest BCUT2D eigenvalue weighted by Gasteiger charge is 2.09. The lowest BCUT2D eigenvalue weighted by molar-refractivity contribution is -0.141. The highest BCUT2D eigenvalue weighted by Crippen LogP contribution is 2.17. The van der Waals surface area contributed by atoms with Crippen molar-refractivity contribution >= 4 is 28.9 Å². The first-order chi connectivity index (χ1) is 9.08. The first-order valence-electron chi connectivity index (χ1n) is 5.95. The number of hydrogen-bond acceptors (Lipinski definition) is 7. The molecule has 0 aliphatic carbocycles. The van der Waals surface area contributed by atoms with Crippen molar-refractivity contribution in [1.82, 2.24) is 19.5 Å². The average molecular weight is 264 g/mol. The number of nitrogen functional groups attached to an aromatic ring is 2. The molecule has 0 unspecified atom stereocenters. The molecule has 4 N–H and O–H groups in total. The predicted molar refractivity (Wildman–Crippen MR) is 70.0 cm³/mol. The van der Waals surface area contributed by atoms with Gasteiger partial charge in [-0.2, -0.15) is 9.97 Å². The molecule has 0 radical (unpaired) electrons. The minimum atomic E-state index is -0.263. The summed E-state index contributed by atoms with van der Waals surface area (Å²) < 4.78 is 6.72. The van der Waals surface area contributed by atoms with E-state index >= 15 is 0 Å². The third kappa shape index (κ3) is 3.09. The largest absolute Gasteiger partial charge is 0.466 e. The fraction of sp³-hybridized carbons (Fsp3) is 0.455. The topological polar surface area (TPSA) is 122 Å². The number of unbranched alkanes of at least 4 members (excludes halogenated alkanes) is 1. The van der Waals surface area contributed by atoms with Crippen LogP contribution in [0.4, 0.5) is 11.8 Å². The second-order valence-corrected chi connectivity index (χ2v) is 4.12. The number of nitrogens with zero attached hydrogens (tertiary/aromatic N) is 4. The van der Waals surface area contributed by atoms with Crippen LogP contribution in [0, 0.1) is 0 Å². The van der Waals surface area contributed by atoms with Crippen LogP contribution in [0.3, 0.4) is 0 Å². The van der Waals surface area contributed by atoms with E-state index in [0.29, 0.717) is 24.3 Å². The SMILES string of the molecule is CC(=O)OCCCCn1cnc2c(N)nc(N)nc21. The van der Waals surface area contributed by atoms with Crippen LogP contribution in [0.2, 0.25) is 0 Å². The van der Waals surface area contributed by atoms with Crippen LogP contribution >= 0.6 is 0 Å². The summed E-state index contributed by atoms with van der Waals surface area (Å²) in [7, 11) is 0. The van der Waals surface area contributed by atoms with Gasteiger partial charge in [-0.15, -0.1) is 0 Å². The van der Waals surface area contributed by atoms with E-state index < -0.39 is 0 Å². The van der Waals surface area contributed by atoms with Gasteiger partial charge in [-0.05, 0) is 12.8 Å².